The maximum atomic E-state index is 12.3. The van der Waals surface area contributed by atoms with Crippen molar-refractivity contribution in [2.45, 2.75) is 12.8 Å². The first kappa shape index (κ1) is 20.2. The van der Waals surface area contributed by atoms with Crippen molar-refractivity contribution < 1.29 is 13.9 Å². The SMILES string of the molecule is CN(CCOc1ccc(Cl)cc1)C(=O)CCc1ncc(-c2ccc(Cl)cc2)o1. The highest BCUT2D eigenvalue weighted by Crippen LogP contribution is 2.22. The van der Waals surface area contributed by atoms with E-state index >= 15 is 0 Å². The average Bonchev–Trinajstić information content (AvgIpc) is 3.17. The predicted molar refractivity (Wildman–Crippen MR) is 110 cm³/mol. The molecule has 0 aliphatic carbocycles. The smallest absolute Gasteiger partial charge is 0.222 e. The number of aryl methyl sites for hydroxylation is 1. The number of carbonyl (C=O) groups is 1. The van der Waals surface area contributed by atoms with Crippen molar-refractivity contribution >= 4 is 29.1 Å². The zero-order valence-electron chi connectivity index (χ0n) is 15.4. The number of benzene rings is 2. The Labute approximate surface area is 173 Å². The Morgan fingerprint density at radius 3 is 2.39 bits per heavy atom. The Kier molecular flexibility index (Phi) is 6.95. The van der Waals surface area contributed by atoms with Gasteiger partial charge in [0.2, 0.25) is 5.91 Å². The second-order valence-electron chi connectivity index (χ2n) is 6.24. The molecule has 0 N–H and O–H groups in total. The van der Waals surface area contributed by atoms with Crippen LogP contribution in [0.1, 0.15) is 12.3 Å². The zero-order valence-corrected chi connectivity index (χ0v) is 16.9. The van der Waals surface area contributed by atoms with Crippen LogP contribution in [0.5, 0.6) is 5.75 Å². The van der Waals surface area contributed by atoms with Gasteiger partial charge in [-0.15, -0.1) is 0 Å². The van der Waals surface area contributed by atoms with Crippen LogP contribution in [0.25, 0.3) is 11.3 Å². The molecule has 1 aromatic heterocycles. The summed E-state index contributed by atoms with van der Waals surface area (Å²) in [6.45, 7) is 0.895. The van der Waals surface area contributed by atoms with E-state index in [4.69, 9.17) is 32.4 Å². The number of ether oxygens (including phenoxy) is 1. The van der Waals surface area contributed by atoms with Gasteiger partial charge in [0.15, 0.2) is 11.7 Å². The third-order valence-electron chi connectivity index (χ3n) is 4.17. The Morgan fingerprint density at radius 1 is 1.07 bits per heavy atom. The molecule has 0 unspecified atom stereocenters. The van der Waals surface area contributed by atoms with Crippen molar-refractivity contribution in [3.8, 4) is 17.1 Å². The van der Waals surface area contributed by atoms with Crippen LogP contribution in [-0.4, -0.2) is 36.0 Å². The Bertz CT molecular complexity index is 908. The number of carbonyl (C=O) groups excluding carboxylic acids is 1. The van der Waals surface area contributed by atoms with E-state index < -0.39 is 0 Å². The molecule has 0 bridgehead atoms. The molecule has 0 saturated heterocycles. The highest BCUT2D eigenvalue weighted by Gasteiger charge is 2.12. The molecular weight excluding hydrogens is 399 g/mol. The fraction of sp³-hybridized carbons (Fsp3) is 0.238. The summed E-state index contributed by atoms with van der Waals surface area (Å²) in [5.74, 6) is 1.92. The van der Waals surface area contributed by atoms with Gasteiger partial charge in [0.1, 0.15) is 12.4 Å². The third kappa shape index (κ3) is 5.75. The van der Waals surface area contributed by atoms with Crippen molar-refractivity contribution in [2.24, 2.45) is 0 Å². The lowest BCUT2D eigenvalue weighted by molar-refractivity contribution is -0.130. The minimum Gasteiger partial charge on any atom is -0.492 e. The first-order chi connectivity index (χ1) is 13.5. The molecule has 0 saturated carbocycles. The first-order valence-electron chi connectivity index (χ1n) is 8.84. The molecule has 1 heterocycles. The first-order valence-corrected chi connectivity index (χ1v) is 9.60. The predicted octanol–water partition coefficient (Wildman–Crippen LogP) is 5.12. The van der Waals surface area contributed by atoms with E-state index in [0.717, 1.165) is 11.3 Å². The van der Waals surface area contributed by atoms with Crippen LogP contribution in [-0.2, 0) is 11.2 Å². The number of aromatic nitrogens is 1. The van der Waals surface area contributed by atoms with Crippen molar-refractivity contribution in [2.75, 3.05) is 20.2 Å². The molecule has 0 atom stereocenters. The number of nitrogens with zero attached hydrogens (tertiary/aromatic N) is 2. The largest absolute Gasteiger partial charge is 0.492 e. The summed E-state index contributed by atoms with van der Waals surface area (Å²) in [4.78, 5) is 18.2. The molecule has 2 aromatic carbocycles. The fourth-order valence-electron chi connectivity index (χ4n) is 2.53. The number of amides is 1. The van der Waals surface area contributed by atoms with Crippen LogP contribution in [0.3, 0.4) is 0 Å². The van der Waals surface area contributed by atoms with Crippen LogP contribution < -0.4 is 4.74 Å². The summed E-state index contributed by atoms with van der Waals surface area (Å²) in [6.07, 6.45) is 2.42. The van der Waals surface area contributed by atoms with E-state index in [1.54, 1.807) is 54.5 Å². The summed E-state index contributed by atoms with van der Waals surface area (Å²) in [5.41, 5.74) is 0.894. The maximum Gasteiger partial charge on any atom is 0.222 e. The van der Waals surface area contributed by atoms with E-state index in [1.165, 1.54) is 0 Å². The minimum atomic E-state index is 0.00551. The van der Waals surface area contributed by atoms with Gasteiger partial charge in [-0.05, 0) is 48.5 Å². The van der Waals surface area contributed by atoms with Gasteiger partial charge in [0.05, 0.1) is 12.7 Å². The minimum absolute atomic E-state index is 0.00551. The van der Waals surface area contributed by atoms with Crippen molar-refractivity contribution in [1.29, 1.82) is 0 Å². The fourth-order valence-corrected chi connectivity index (χ4v) is 2.79. The molecule has 5 nitrogen and oxygen atoms in total. The maximum absolute atomic E-state index is 12.3. The molecule has 0 radical (unpaired) electrons. The van der Waals surface area contributed by atoms with Gasteiger partial charge in [0.25, 0.3) is 0 Å². The van der Waals surface area contributed by atoms with Crippen molar-refractivity contribution in [3.05, 3.63) is 70.7 Å². The second-order valence-corrected chi connectivity index (χ2v) is 7.12. The van der Waals surface area contributed by atoms with Gasteiger partial charge < -0.3 is 14.1 Å². The van der Waals surface area contributed by atoms with Gasteiger partial charge in [-0.25, -0.2) is 4.98 Å². The van der Waals surface area contributed by atoms with Crippen molar-refractivity contribution in [3.63, 3.8) is 0 Å². The molecular formula is C21H20Cl2N2O3. The van der Waals surface area contributed by atoms with Crippen LogP contribution >= 0.6 is 23.2 Å². The summed E-state index contributed by atoms with van der Waals surface area (Å²) >= 11 is 11.7. The topological polar surface area (TPSA) is 55.6 Å². The summed E-state index contributed by atoms with van der Waals surface area (Å²) in [7, 11) is 1.75. The van der Waals surface area contributed by atoms with Crippen LogP contribution in [0, 0.1) is 0 Å². The lowest BCUT2D eigenvalue weighted by atomic mass is 10.2. The lowest BCUT2D eigenvalue weighted by Crippen LogP contribution is -2.31. The summed E-state index contributed by atoms with van der Waals surface area (Å²) in [5, 5.41) is 1.32. The van der Waals surface area contributed by atoms with Gasteiger partial charge in [0, 0.05) is 35.5 Å². The Hall–Kier alpha value is -2.50. The third-order valence-corrected chi connectivity index (χ3v) is 4.67. The molecule has 0 aliphatic heterocycles. The van der Waals surface area contributed by atoms with E-state index in [1.807, 2.05) is 12.1 Å². The Morgan fingerprint density at radius 2 is 1.71 bits per heavy atom. The molecule has 3 rings (SSSR count). The molecule has 1 amide bonds. The van der Waals surface area contributed by atoms with Crippen molar-refractivity contribution in [1.82, 2.24) is 9.88 Å². The zero-order chi connectivity index (χ0) is 19.9. The molecule has 0 spiro atoms. The molecule has 146 valence electrons. The van der Waals surface area contributed by atoms with Crippen LogP contribution in [0.2, 0.25) is 10.0 Å². The highest BCUT2D eigenvalue weighted by molar-refractivity contribution is 6.30. The number of halogens is 2. The van der Waals surface area contributed by atoms with E-state index in [2.05, 4.69) is 4.98 Å². The van der Waals surface area contributed by atoms with Gasteiger partial charge in [-0.2, -0.15) is 0 Å². The quantitative estimate of drug-likeness (QED) is 0.509. The monoisotopic (exact) mass is 418 g/mol. The van der Waals surface area contributed by atoms with Crippen LogP contribution in [0.15, 0.2) is 59.1 Å². The molecule has 0 aliphatic rings. The number of rotatable bonds is 8. The molecule has 7 heteroatoms. The number of likely N-dealkylation sites (N-methyl/N-ethyl adjacent to an activating group) is 1. The van der Waals surface area contributed by atoms with E-state index in [-0.39, 0.29) is 5.91 Å². The van der Waals surface area contributed by atoms with E-state index in [0.29, 0.717) is 47.7 Å². The van der Waals surface area contributed by atoms with Gasteiger partial charge in [-0.1, -0.05) is 23.2 Å². The van der Waals surface area contributed by atoms with Gasteiger partial charge >= 0.3 is 0 Å². The van der Waals surface area contributed by atoms with Crippen LogP contribution in [0.4, 0.5) is 0 Å². The molecule has 3 aromatic rings. The number of oxazole rings is 1. The second kappa shape index (κ2) is 9.62. The van der Waals surface area contributed by atoms with Gasteiger partial charge in [-0.3, -0.25) is 4.79 Å². The van der Waals surface area contributed by atoms with E-state index in [9.17, 15) is 4.79 Å². The highest BCUT2D eigenvalue weighted by atomic mass is 35.5. The summed E-state index contributed by atoms with van der Waals surface area (Å²) in [6, 6.07) is 14.4. The average molecular weight is 419 g/mol. The lowest BCUT2D eigenvalue weighted by Gasteiger charge is -2.17. The normalized spacial score (nSPS) is 10.7. The standard InChI is InChI=1S/C21H20Cl2N2O3/c1-25(12-13-27-18-8-6-17(23)7-9-18)21(26)11-10-20-24-14-19(28-20)15-2-4-16(22)5-3-15/h2-9,14H,10-13H2,1H3. The number of hydrogen-bond donors (Lipinski definition) is 0. The molecule has 0 fully saturated rings. The Balaban J connectivity index is 1.43. The number of hydrogen-bond acceptors (Lipinski definition) is 4. The molecule has 28 heavy (non-hydrogen) atoms. The summed E-state index contributed by atoms with van der Waals surface area (Å²) < 4.78 is 11.3.